The van der Waals surface area contributed by atoms with Crippen molar-refractivity contribution in [2.24, 2.45) is 0 Å². The van der Waals surface area contributed by atoms with Gasteiger partial charge in [0.05, 0.1) is 5.02 Å². The SMILES string of the molecule is Cc1c(C(=O)NC2CCCNC2)oc2c(Cl)cccc12.Cl. The molecule has 21 heavy (non-hydrogen) atoms. The molecule has 1 unspecified atom stereocenters. The molecule has 1 amide bonds. The Labute approximate surface area is 134 Å². The number of fused-ring (bicyclic) bond motifs is 1. The molecule has 0 bridgehead atoms. The Morgan fingerprint density at radius 2 is 2.29 bits per heavy atom. The van der Waals surface area contributed by atoms with Gasteiger partial charge in [-0.3, -0.25) is 4.79 Å². The van der Waals surface area contributed by atoms with Crippen molar-refractivity contribution in [3.8, 4) is 0 Å². The van der Waals surface area contributed by atoms with Crippen molar-refractivity contribution in [3.05, 3.63) is 34.5 Å². The molecule has 4 nitrogen and oxygen atoms in total. The first-order valence-corrected chi connectivity index (χ1v) is 7.24. The zero-order valence-electron chi connectivity index (χ0n) is 11.7. The standard InChI is InChI=1S/C15H17ClN2O2.ClH/c1-9-11-5-2-6-12(16)14(11)20-13(9)15(19)18-10-4-3-7-17-8-10;/h2,5-6,10,17H,3-4,7-8H2,1H3,(H,18,19);1H. The number of rotatable bonds is 2. The Kier molecular flexibility index (Phi) is 5.14. The number of aryl methyl sites for hydroxylation is 1. The Morgan fingerprint density at radius 1 is 1.48 bits per heavy atom. The van der Waals surface area contributed by atoms with Gasteiger partial charge in [0.25, 0.3) is 5.91 Å². The quantitative estimate of drug-likeness (QED) is 0.889. The van der Waals surface area contributed by atoms with Gasteiger partial charge in [-0.15, -0.1) is 12.4 Å². The number of hydrogen-bond acceptors (Lipinski definition) is 3. The molecule has 0 saturated carbocycles. The van der Waals surface area contributed by atoms with Gasteiger partial charge in [0.2, 0.25) is 0 Å². The number of piperidine rings is 1. The van der Waals surface area contributed by atoms with E-state index in [0.29, 0.717) is 16.4 Å². The summed E-state index contributed by atoms with van der Waals surface area (Å²) in [6.45, 7) is 3.72. The van der Waals surface area contributed by atoms with Crippen molar-refractivity contribution in [2.75, 3.05) is 13.1 Å². The highest BCUT2D eigenvalue weighted by atomic mass is 35.5. The molecule has 1 atom stereocenters. The fourth-order valence-corrected chi connectivity index (χ4v) is 2.86. The second-order valence-corrected chi connectivity index (χ2v) is 5.60. The van der Waals surface area contributed by atoms with Gasteiger partial charge in [-0.05, 0) is 32.4 Å². The maximum atomic E-state index is 12.3. The fourth-order valence-electron chi connectivity index (χ4n) is 2.65. The summed E-state index contributed by atoms with van der Waals surface area (Å²) < 4.78 is 5.67. The first-order chi connectivity index (χ1) is 9.66. The molecule has 2 N–H and O–H groups in total. The number of benzene rings is 1. The fraction of sp³-hybridized carbons (Fsp3) is 0.400. The van der Waals surface area contributed by atoms with E-state index in [4.69, 9.17) is 16.0 Å². The van der Waals surface area contributed by atoms with Crippen LogP contribution in [0.2, 0.25) is 5.02 Å². The van der Waals surface area contributed by atoms with Crippen molar-refractivity contribution in [2.45, 2.75) is 25.8 Å². The summed E-state index contributed by atoms with van der Waals surface area (Å²) in [5, 5.41) is 7.72. The van der Waals surface area contributed by atoms with Crippen LogP contribution in [0.3, 0.4) is 0 Å². The second kappa shape index (κ2) is 6.69. The second-order valence-electron chi connectivity index (χ2n) is 5.19. The predicted molar refractivity (Wildman–Crippen MR) is 86.6 cm³/mol. The molecule has 3 rings (SSSR count). The third kappa shape index (κ3) is 3.18. The lowest BCUT2D eigenvalue weighted by Gasteiger charge is -2.23. The van der Waals surface area contributed by atoms with E-state index < -0.39 is 0 Å². The van der Waals surface area contributed by atoms with E-state index in [0.717, 1.165) is 36.9 Å². The number of hydrogen-bond donors (Lipinski definition) is 2. The normalized spacial score (nSPS) is 18.3. The summed E-state index contributed by atoms with van der Waals surface area (Å²) in [5.74, 6) is 0.196. The minimum absolute atomic E-state index is 0. The zero-order chi connectivity index (χ0) is 14.1. The van der Waals surface area contributed by atoms with Gasteiger partial charge in [0.15, 0.2) is 11.3 Å². The van der Waals surface area contributed by atoms with E-state index >= 15 is 0 Å². The summed E-state index contributed by atoms with van der Waals surface area (Å²) in [4.78, 5) is 12.3. The van der Waals surface area contributed by atoms with Gasteiger partial charge in [0.1, 0.15) is 0 Å². The summed E-state index contributed by atoms with van der Waals surface area (Å²) in [7, 11) is 0. The lowest BCUT2D eigenvalue weighted by atomic mass is 10.1. The minimum Gasteiger partial charge on any atom is -0.449 e. The average molecular weight is 329 g/mol. The Morgan fingerprint density at radius 3 is 2.95 bits per heavy atom. The highest BCUT2D eigenvalue weighted by Gasteiger charge is 2.22. The molecule has 114 valence electrons. The van der Waals surface area contributed by atoms with Crippen LogP contribution in [0.4, 0.5) is 0 Å². The van der Waals surface area contributed by atoms with Crippen LogP contribution in [0.5, 0.6) is 0 Å². The molecule has 0 spiro atoms. The van der Waals surface area contributed by atoms with Crippen molar-refractivity contribution in [1.82, 2.24) is 10.6 Å². The van der Waals surface area contributed by atoms with Gasteiger partial charge in [-0.1, -0.05) is 23.7 Å². The molecule has 1 aliphatic rings. The van der Waals surface area contributed by atoms with Crippen molar-refractivity contribution >= 4 is 40.9 Å². The molecule has 1 aliphatic heterocycles. The Hall–Kier alpha value is -1.23. The van der Waals surface area contributed by atoms with Crippen LogP contribution in [0, 0.1) is 6.92 Å². The lowest BCUT2D eigenvalue weighted by molar-refractivity contribution is 0.0904. The summed E-state index contributed by atoms with van der Waals surface area (Å²) in [6, 6.07) is 5.71. The van der Waals surface area contributed by atoms with Gasteiger partial charge in [-0.2, -0.15) is 0 Å². The largest absolute Gasteiger partial charge is 0.449 e. The third-order valence-corrected chi connectivity index (χ3v) is 4.05. The first-order valence-electron chi connectivity index (χ1n) is 6.86. The van der Waals surface area contributed by atoms with E-state index in [1.165, 1.54) is 0 Å². The molecule has 0 aliphatic carbocycles. The minimum atomic E-state index is -0.163. The summed E-state index contributed by atoms with van der Waals surface area (Å²) >= 11 is 6.10. The highest BCUT2D eigenvalue weighted by molar-refractivity contribution is 6.35. The lowest BCUT2D eigenvalue weighted by Crippen LogP contribution is -2.45. The maximum absolute atomic E-state index is 12.3. The topological polar surface area (TPSA) is 54.3 Å². The van der Waals surface area contributed by atoms with E-state index in [9.17, 15) is 4.79 Å². The number of halogens is 2. The number of furan rings is 1. The summed E-state index contributed by atoms with van der Waals surface area (Å²) in [6.07, 6.45) is 2.08. The molecule has 1 aromatic heterocycles. The smallest absolute Gasteiger partial charge is 0.287 e. The first kappa shape index (κ1) is 16.1. The van der Waals surface area contributed by atoms with Crippen LogP contribution in [-0.4, -0.2) is 25.0 Å². The maximum Gasteiger partial charge on any atom is 0.287 e. The molecule has 1 aromatic carbocycles. The molecule has 1 fully saturated rings. The van der Waals surface area contributed by atoms with Crippen LogP contribution >= 0.6 is 24.0 Å². The molecule has 1 saturated heterocycles. The monoisotopic (exact) mass is 328 g/mol. The van der Waals surface area contributed by atoms with Crippen molar-refractivity contribution in [1.29, 1.82) is 0 Å². The highest BCUT2D eigenvalue weighted by Crippen LogP contribution is 2.30. The number of nitrogens with one attached hydrogen (secondary N) is 2. The molecular formula is C15H18Cl2N2O2. The van der Waals surface area contributed by atoms with E-state index in [-0.39, 0.29) is 24.4 Å². The number of amides is 1. The average Bonchev–Trinajstić information content (AvgIpc) is 2.79. The Bertz CT molecular complexity index is 648. The molecule has 2 heterocycles. The van der Waals surface area contributed by atoms with Crippen molar-refractivity contribution < 1.29 is 9.21 Å². The Balaban J connectivity index is 0.00000161. The molecule has 0 radical (unpaired) electrons. The van der Waals surface area contributed by atoms with Gasteiger partial charge >= 0.3 is 0 Å². The number of para-hydroxylation sites is 1. The molecular weight excluding hydrogens is 311 g/mol. The van der Waals surface area contributed by atoms with Crippen LogP contribution < -0.4 is 10.6 Å². The number of carbonyl (C=O) groups excluding carboxylic acids is 1. The zero-order valence-corrected chi connectivity index (χ0v) is 13.3. The number of carbonyl (C=O) groups is 1. The third-order valence-electron chi connectivity index (χ3n) is 3.75. The predicted octanol–water partition coefficient (Wildman–Crippen LogP) is 3.30. The van der Waals surface area contributed by atoms with Gasteiger partial charge in [0, 0.05) is 23.5 Å². The molecule has 2 aromatic rings. The van der Waals surface area contributed by atoms with Crippen molar-refractivity contribution in [3.63, 3.8) is 0 Å². The van der Waals surface area contributed by atoms with Gasteiger partial charge in [-0.25, -0.2) is 0 Å². The van der Waals surface area contributed by atoms with Crippen LogP contribution in [-0.2, 0) is 0 Å². The van der Waals surface area contributed by atoms with Crippen LogP contribution in [0.1, 0.15) is 29.0 Å². The van der Waals surface area contributed by atoms with E-state index in [1.54, 1.807) is 6.07 Å². The summed E-state index contributed by atoms with van der Waals surface area (Å²) in [5.41, 5.74) is 1.42. The van der Waals surface area contributed by atoms with Crippen LogP contribution in [0.25, 0.3) is 11.0 Å². The van der Waals surface area contributed by atoms with E-state index in [2.05, 4.69) is 10.6 Å². The van der Waals surface area contributed by atoms with E-state index in [1.807, 2.05) is 19.1 Å². The van der Waals surface area contributed by atoms with Crippen LogP contribution in [0.15, 0.2) is 22.6 Å². The molecule has 6 heteroatoms. The van der Waals surface area contributed by atoms with Gasteiger partial charge < -0.3 is 15.1 Å².